The summed E-state index contributed by atoms with van der Waals surface area (Å²) >= 11 is 0. The van der Waals surface area contributed by atoms with Gasteiger partial charge < -0.3 is 26.3 Å². The third kappa shape index (κ3) is 4.29. The van der Waals surface area contributed by atoms with Gasteiger partial charge in [0.05, 0.1) is 7.11 Å². The number of nitrogens with two attached hydrogens (primary N) is 2. The van der Waals surface area contributed by atoms with Crippen LogP contribution < -0.4 is 21.5 Å². The van der Waals surface area contributed by atoms with Gasteiger partial charge in [0, 0.05) is 43.6 Å². The fraction of sp³-hybridized carbons (Fsp3) is 0.350. The van der Waals surface area contributed by atoms with Crippen LogP contribution in [0.4, 0.5) is 16.3 Å². The molecule has 5 N–H and O–H groups in total. The van der Waals surface area contributed by atoms with Crippen molar-refractivity contribution < 1.29 is 14.3 Å². The summed E-state index contributed by atoms with van der Waals surface area (Å²) in [5, 5.41) is 7.66. The van der Waals surface area contributed by atoms with Gasteiger partial charge in [-0.2, -0.15) is 5.10 Å². The largest absolute Gasteiger partial charge is 0.497 e. The maximum Gasteiger partial charge on any atom is 0.404 e. The van der Waals surface area contributed by atoms with E-state index in [-0.39, 0.29) is 6.04 Å². The van der Waals surface area contributed by atoms with Crippen LogP contribution in [0.1, 0.15) is 12.0 Å². The number of primary amides is 1. The molecule has 1 amide bonds. The standard InChI is InChI=1S/C20H25N7O3/c1-29-15-4-2-3-14(9-15)25-19-18-13(5-8-27(18)24-12-23-19)10-26-7-6-16(21)17(11-26)30-20(22)28/h2-5,8-9,12,16-17H,6-7,10-11,21H2,1H3,(H2,22,28)(H,23,24,25)/t16-,17+/m0/s1. The van der Waals surface area contributed by atoms with Gasteiger partial charge in [0.2, 0.25) is 0 Å². The van der Waals surface area contributed by atoms with Crippen molar-refractivity contribution in [2.24, 2.45) is 11.5 Å². The second-order valence-corrected chi connectivity index (χ2v) is 7.26. The Morgan fingerprint density at radius 2 is 2.23 bits per heavy atom. The van der Waals surface area contributed by atoms with Crippen LogP contribution in [0.3, 0.4) is 0 Å². The maximum absolute atomic E-state index is 11.2. The van der Waals surface area contributed by atoms with Gasteiger partial charge >= 0.3 is 6.09 Å². The summed E-state index contributed by atoms with van der Waals surface area (Å²) < 4.78 is 12.3. The lowest BCUT2D eigenvalue weighted by molar-refractivity contribution is 0.0313. The van der Waals surface area contributed by atoms with Crippen LogP contribution in [0.25, 0.3) is 5.52 Å². The summed E-state index contributed by atoms with van der Waals surface area (Å²) in [4.78, 5) is 17.8. The number of methoxy groups -OCH3 is 1. The Morgan fingerprint density at radius 3 is 3.03 bits per heavy atom. The summed E-state index contributed by atoms with van der Waals surface area (Å²) in [6, 6.07) is 9.44. The van der Waals surface area contributed by atoms with Crippen molar-refractivity contribution >= 4 is 23.1 Å². The summed E-state index contributed by atoms with van der Waals surface area (Å²) in [5.74, 6) is 1.45. The molecule has 1 fully saturated rings. The van der Waals surface area contributed by atoms with Crippen LogP contribution >= 0.6 is 0 Å². The minimum Gasteiger partial charge on any atom is -0.497 e. The van der Waals surface area contributed by atoms with Crippen molar-refractivity contribution in [2.75, 3.05) is 25.5 Å². The molecule has 0 saturated carbocycles. The average molecular weight is 411 g/mol. The number of rotatable bonds is 6. The molecule has 0 radical (unpaired) electrons. The summed E-state index contributed by atoms with van der Waals surface area (Å²) in [5.41, 5.74) is 14.1. The second-order valence-electron chi connectivity index (χ2n) is 7.26. The van der Waals surface area contributed by atoms with Gasteiger partial charge in [0.1, 0.15) is 23.7 Å². The van der Waals surface area contributed by atoms with Gasteiger partial charge in [-0.1, -0.05) is 6.07 Å². The molecule has 1 aliphatic rings. The first-order chi connectivity index (χ1) is 14.5. The topological polar surface area (TPSA) is 133 Å². The van der Waals surface area contributed by atoms with Crippen molar-refractivity contribution in [1.82, 2.24) is 19.5 Å². The smallest absolute Gasteiger partial charge is 0.404 e. The SMILES string of the molecule is COc1cccc(Nc2ncnn3ccc(CN4CC[C@H](N)[C@H](OC(N)=O)C4)c23)c1. The number of piperidine rings is 1. The number of ether oxygens (including phenoxy) is 2. The lowest BCUT2D eigenvalue weighted by Gasteiger charge is -2.35. The predicted molar refractivity (Wildman–Crippen MR) is 112 cm³/mol. The Hall–Kier alpha value is -3.37. The zero-order chi connectivity index (χ0) is 21.1. The molecule has 3 aromatic rings. The molecule has 2 atom stereocenters. The van der Waals surface area contributed by atoms with Crippen LogP contribution in [0, 0.1) is 0 Å². The highest BCUT2D eigenvalue weighted by atomic mass is 16.6. The molecule has 1 aliphatic heterocycles. The normalized spacial score (nSPS) is 19.5. The van der Waals surface area contributed by atoms with E-state index in [4.69, 9.17) is 20.9 Å². The Bertz CT molecular complexity index is 1040. The third-order valence-corrected chi connectivity index (χ3v) is 5.23. The number of carbonyl (C=O) groups is 1. The molecular formula is C20H25N7O3. The van der Waals surface area contributed by atoms with Crippen LogP contribution in [0.2, 0.25) is 0 Å². The number of likely N-dealkylation sites (tertiary alicyclic amines) is 1. The molecule has 158 valence electrons. The molecule has 0 bridgehead atoms. The Balaban J connectivity index is 1.57. The average Bonchev–Trinajstić information content (AvgIpc) is 3.14. The number of amides is 1. The molecule has 30 heavy (non-hydrogen) atoms. The number of carbonyl (C=O) groups excluding carboxylic acids is 1. The predicted octanol–water partition coefficient (Wildman–Crippen LogP) is 1.48. The Morgan fingerprint density at radius 1 is 1.37 bits per heavy atom. The highest BCUT2D eigenvalue weighted by Gasteiger charge is 2.29. The zero-order valence-electron chi connectivity index (χ0n) is 16.7. The van der Waals surface area contributed by atoms with Crippen LogP contribution in [0.5, 0.6) is 5.75 Å². The Labute approximate surface area is 173 Å². The third-order valence-electron chi connectivity index (χ3n) is 5.23. The number of anilines is 2. The van der Waals surface area contributed by atoms with E-state index in [9.17, 15) is 4.79 Å². The van der Waals surface area contributed by atoms with Crippen LogP contribution in [0.15, 0.2) is 42.9 Å². The number of aromatic nitrogens is 3. The molecule has 2 aromatic heterocycles. The molecule has 0 aliphatic carbocycles. The van der Waals surface area contributed by atoms with Crippen molar-refractivity contribution in [2.45, 2.75) is 25.1 Å². The van der Waals surface area contributed by atoms with Gasteiger partial charge in [0.25, 0.3) is 0 Å². The molecule has 3 heterocycles. The first kappa shape index (κ1) is 19.9. The molecule has 1 saturated heterocycles. The van der Waals surface area contributed by atoms with Gasteiger partial charge in [-0.05, 0) is 30.2 Å². The molecule has 10 nitrogen and oxygen atoms in total. The van der Waals surface area contributed by atoms with Gasteiger partial charge in [0.15, 0.2) is 5.82 Å². The quantitative estimate of drug-likeness (QED) is 0.555. The molecule has 1 aromatic carbocycles. The fourth-order valence-electron chi connectivity index (χ4n) is 3.73. The molecular weight excluding hydrogens is 386 g/mol. The van der Waals surface area contributed by atoms with E-state index in [2.05, 4.69) is 20.3 Å². The maximum atomic E-state index is 11.2. The number of nitrogens with one attached hydrogen (secondary N) is 1. The van der Waals surface area contributed by atoms with Crippen molar-refractivity contribution in [3.05, 3.63) is 48.4 Å². The van der Waals surface area contributed by atoms with E-state index < -0.39 is 12.2 Å². The second kappa shape index (κ2) is 8.56. The number of hydrogen-bond donors (Lipinski definition) is 3. The van der Waals surface area contributed by atoms with E-state index in [1.165, 1.54) is 6.33 Å². The fourth-order valence-corrected chi connectivity index (χ4v) is 3.73. The zero-order valence-corrected chi connectivity index (χ0v) is 16.7. The lowest BCUT2D eigenvalue weighted by Crippen LogP contribution is -2.52. The van der Waals surface area contributed by atoms with Crippen LogP contribution in [-0.2, 0) is 11.3 Å². The molecule has 0 spiro atoms. The molecule has 0 unspecified atom stereocenters. The highest BCUT2D eigenvalue weighted by molar-refractivity contribution is 5.76. The lowest BCUT2D eigenvalue weighted by atomic mass is 10.0. The van der Waals surface area contributed by atoms with Crippen molar-refractivity contribution in [3.8, 4) is 5.75 Å². The Kier molecular flexibility index (Phi) is 5.68. The summed E-state index contributed by atoms with van der Waals surface area (Å²) in [6.07, 6.45) is 2.90. The summed E-state index contributed by atoms with van der Waals surface area (Å²) in [7, 11) is 1.63. The van der Waals surface area contributed by atoms with Crippen LogP contribution in [-0.4, -0.2) is 57.9 Å². The van der Waals surface area contributed by atoms with Crippen molar-refractivity contribution in [3.63, 3.8) is 0 Å². The molecule has 10 heteroatoms. The summed E-state index contributed by atoms with van der Waals surface area (Å²) in [6.45, 7) is 1.96. The van der Waals surface area contributed by atoms with E-state index in [0.717, 1.165) is 35.5 Å². The van der Waals surface area contributed by atoms with Gasteiger partial charge in [-0.15, -0.1) is 0 Å². The van der Waals surface area contributed by atoms with E-state index >= 15 is 0 Å². The highest BCUT2D eigenvalue weighted by Crippen LogP contribution is 2.26. The van der Waals surface area contributed by atoms with E-state index in [1.54, 1.807) is 11.6 Å². The first-order valence-electron chi connectivity index (χ1n) is 9.70. The first-order valence-corrected chi connectivity index (χ1v) is 9.70. The number of nitrogens with zero attached hydrogens (tertiary/aromatic N) is 4. The monoisotopic (exact) mass is 411 g/mol. The number of hydrogen-bond acceptors (Lipinski definition) is 8. The van der Waals surface area contributed by atoms with E-state index in [1.807, 2.05) is 36.5 Å². The van der Waals surface area contributed by atoms with Gasteiger partial charge in [-0.25, -0.2) is 14.3 Å². The minimum absolute atomic E-state index is 0.215. The minimum atomic E-state index is -0.801. The number of benzene rings is 1. The van der Waals surface area contributed by atoms with Crippen molar-refractivity contribution in [1.29, 1.82) is 0 Å². The van der Waals surface area contributed by atoms with E-state index in [0.29, 0.717) is 18.9 Å². The number of fused-ring (bicyclic) bond motifs is 1. The van der Waals surface area contributed by atoms with Gasteiger partial charge in [-0.3, -0.25) is 4.90 Å². The molecule has 4 rings (SSSR count).